The molecule has 1 rings (SSSR count). The summed E-state index contributed by atoms with van der Waals surface area (Å²) >= 11 is 0. The highest BCUT2D eigenvalue weighted by molar-refractivity contribution is 5.87. The van der Waals surface area contributed by atoms with Crippen molar-refractivity contribution >= 4 is 17.7 Å². The molecule has 0 aliphatic rings. The lowest BCUT2D eigenvalue weighted by Gasteiger charge is -2.21. The van der Waals surface area contributed by atoms with Gasteiger partial charge < -0.3 is 10.4 Å². The maximum atomic E-state index is 11.6. The number of likely N-dealkylation sites (N-methyl/N-ethyl adjacent to an activating group) is 1. The second-order valence-corrected chi connectivity index (χ2v) is 4.07. The van der Waals surface area contributed by atoms with Gasteiger partial charge in [-0.15, -0.1) is 0 Å². The zero-order valence-electron chi connectivity index (χ0n) is 9.94. The van der Waals surface area contributed by atoms with Crippen LogP contribution in [0.4, 0.5) is 10.5 Å². The first-order valence-corrected chi connectivity index (χ1v) is 5.06. The molecule has 1 aromatic rings. The molecule has 0 unspecified atom stereocenters. The molecule has 0 saturated carbocycles. The van der Waals surface area contributed by atoms with Crippen LogP contribution in [0.1, 0.15) is 19.5 Å². The fourth-order valence-corrected chi connectivity index (χ4v) is 1.39. The molecule has 3 N–H and O–H groups in total. The Hall–Kier alpha value is -2.11. The zero-order chi connectivity index (χ0) is 13.1. The number of hydrogen-bond donors (Lipinski definition) is 3. The third kappa shape index (κ3) is 2.93. The highest BCUT2D eigenvalue weighted by Crippen LogP contribution is 2.22. The maximum absolute atomic E-state index is 11.6. The quantitative estimate of drug-likeness (QED) is 0.736. The summed E-state index contributed by atoms with van der Waals surface area (Å²) in [6.45, 7) is 3.50. The molecule has 2 amide bonds. The number of carboxylic acid groups (broad SMARTS) is 1. The highest BCUT2D eigenvalue weighted by Gasteiger charge is 2.30. The number of hydrogen-bond acceptors (Lipinski definition) is 3. The maximum Gasteiger partial charge on any atom is 0.409 e. The molecule has 17 heavy (non-hydrogen) atoms. The van der Waals surface area contributed by atoms with Gasteiger partial charge in [-0.25, -0.2) is 4.79 Å². The number of rotatable bonds is 3. The minimum absolute atomic E-state index is 0.149. The van der Waals surface area contributed by atoms with Crippen molar-refractivity contribution in [2.24, 2.45) is 0 Å². The summed E-state index contributed by atoms with van der Waals surface area (Å²) in [6.07, 6.45) is 0.235. The summed E-state index contributed by atoms with van der Waals surface area (Å²) in [5, 5.41) is 13.3. The summed E-state index contributed by atoms with van der Waals surface area (Å²) in [4.78, 5) is 26.1. The minimum atomic E-state index is -1.15. The van der Waals surface area contributed by atoms with Crippen LogP contribution in [-0.4, -0.2) is 29.1 Å². The lowest BCUT2D eigenvalue weighted by molar-refractivity contribution is -0.125. The van der Waals surface area contributed by atoms with E-state index < -0.39 is 11.5 Å². The normalized spacial score (nSPS) is 10.8. The lowest BCUT2D eigenvalue weighted by Crippen LogP contribution is -2.38. The van der Waals surface area contributed by atoms with E-state index in [0.29, 0.717) is 11.4 Å². The molecule has 0 radical (unpaired) electrons. The fraction of sp³-hybridized carbons (Fsp3) is 0.364. The smallest absolute Gasteiger partial charge is 0.409 e. The molecule has 0 aliphatic heterocycles. The molecule has 6 nitrogen and oxygen atoms in total. The van der Waals surface area contributed by atoms with Crippen LogP contribution in [0.25, 0.3) is 0 Å². The Morgan fingerprint density at radius 3 is 2.41 bits per heavy atom. The Labute approximate surface area is 99.1 Å². The van der Waals surface area contributed by atoms with Crippen LogP contribution in [0, 0.1) is 0 Å². The van der Waals surface area contributed by atoms with Gasteiger partial charge in [0.2, 0.25) is 5.91 Å². The predicted octanol–water partition coefficient (Wildman–Crippen LogP) is 1.20. The van der Waals surface area contributed by atoms with Crippen molar-refractivity contribution in [3.63, 3.8) is 0 Å². The molecule has 0 bridgehead atoms. The molecule has 0 atom stereocenters. The van der Waals surface area contributed by atoms with E-state index in [0.717, 1.165) is 0 Å². The molecule has 0 spiro atoms. The first kappa shape index (κ1) is 13.0. The van der Waals surface area contributed by atoms with Gasteiger partial charge in [0.05, 0.1) is 23.0 Å². The monoisotopic (exact) mass is 237 g/mol. The molecule has 0 aromatic carbocycles. The van der Waals surface area contributed by atoms with Gasteiger partial charge in [-0.05, 0) is 26.0 Å². The van der Waals surface area contributed by atoms with E-state index in [-0.39, 0.29) is 5.91 Å². The number of nitrogens with zero attached hydrogens (tertiary/aromatic N) is 1. The van der Waals surface area contributed by atoms with Crippen molar-refractivity contribution in [2.75, 3.05) is 12.4 Å². The van der Waals surface area contributed by atoms with Gasteiger partial charge in [-0.3, -0.25) is 15.1 Å². The topological polar surface area (TPSA) is 91.3 Å². The number of pyridine rings is 1. The van der Waals surface area contributed by atoms with Crippen LogP contribution in [0.15, 0.2) is 18.3 Å². The van der Waals surface area contributed by atoms with E-state index in [1.165, 1.54) is 6.20 Å². The van der Waals surface area contributed by atoms with Crippen molar-refractivity contribution < 1.29 is 14.7 Å². The Morgan fingerprint density at radius 2 is 2.00 bits per heavy atom. The Bertz CT molecular complexity index is 426. The van der Waals surface area contributed by atoms with Crippen LogP contribution >= 0.6 is 0 Å². The van der Waals surface area contributed by atoms with Crippen LogP contribution in [0.3, 0.4) is 0 Å². The molecule has 1 heterocycles. The van der Waals surface area contributed by atoms with Gasteiger partial charge in [0.15, 0.2) is 0 Å². The Balaban J connectivity index is 2.94. The zero-order valence-corrected chi connectivity index (χ0v) is 9.94. The van der Waals surface area contributed by atoms with E-state index in [9.17, 15) is 9.59 Å². The number of aromatic nitrogens is 1. The summed E-state index contributed by atoms with van der Waals surface area (Å²) in [5.41, 5.74) is 0.193. The summed E-state index contributed by atoms with van der Waals surface area (Å²) < 4.78 is 0. The van der Waals surface area contributed by atoms with Crippen molar-refractivity contribution in [3.8, 4) is 0 Å². The molecule has 6 heteroatoms. The van der Waals surface area contributed by atoms with E-state index in [1.54, 1.807) is 33.0 Å². The molecule has 92 valence electrons. The van der Waals surface area contributed by atoms with Crippen molar-refractivity contribution in [3.05, 3.63) is 24.0 Å². The second-order valence-electron chi connectivity index (χ2n) is 4.07. The number of anilines is 1. The second kappa shape index (κ2) is 4.82. The van der Waals surface area contributed by atoms with Gasteiger partial charge in [-0.2, -0.15) is 0 Å². The highest BCUT2D eigenvalue weighted by atomic mass is 16.4. The average molecular weight is 237 g/mol. The van der Waals surface area contributed by atoms with Crippen molar-refractivity contribution in [2.45, 2.75) is 19.3 Å². The van der Waals surface area contributed by atoms with Gasteiger partial charge in [0.1, 0.15) is 0 Å². The summed E-state index contributed by atoms with van der Waals surface area (Å²) in [6, 6.07) is 3.20. The molecule has 0 fully saturated rings. The third-order valence-electron chi connectivity index (χ3n) is 2.45. The van der Waals surface area contributed by atoms with Gasteiger partial charge in [-0.1, -0.05) is 0 Å². The van der Waals surface area contributed by atoms with Gasteiger partial charge in [0, 0.05) is 7.05 Å². The molecular formula is C11H15N3O3. The van der Waals surface area contributed by atoms with Crippen molar-refractivity contribution in [1.29, 1.82) is 0 Å². The van der Waals surface area contributed by atoms with Crippen LogP contribution in [-0.2, 0) is 10.2 Å². The van der Waals surface area contributed by atoms with E-state index in [1.807, 2.05) is 0 Å². The largest absolute Gasteiger partial charge is 0.465 e. The standard InChI is InChI=1S/C11H15N3O3/c1-11(2,9(15)12-3)8-5-4-7(6-13-8)14-10(16)17/h4-6,14H,1-3H3,(H,12,15)(H,16,17). The fourth-order valence-electron chi connectivity index (χ4n) is 1.39. The Morgan fingerprint density at radius 1 is 1.35 bits per heavy atom. The van der Waals surface area contributed by atoms with Crippen LogP contribution < -0.4 is 10.6 Å². The summed E-state index contributed by atoms with van der Waals surface area (Å²) in [7, 11) is 1.56. The first-order chi connectivity index (χ1) is 7.87. The number of carbonyl (C=O) groups excluding carboxylic acids is 1. The first-order valence-electron chi connectivity index (χ1n) is 5.06. The van der Waals surface area contributed by atoms with Gasteiger partial charge in [0.25, 0.3) is 0 Å². The predicted molar refractivity (Wildman–Crippen MR) is 63.0 cm³/mol. The average Bonchev–Trinajstić information content (AvgIpc) is 2.27. The summed E-state index contributed by atoms with van der Waals surface area (Å²) in [5.74, 6) is -0.149. The van der Waals surface area contributed by atoms with E-state index >= 15 is 0 Å². The van der Waals surface area contributed by atoms with Crippen LogP contribution in [0.2, 0.25) is 0 Å². The SMILES string of the molecule is CNC(=O)C(C)(C)c1ccc(NC(=O)O)cn1. The van der Waals surface area contributed by atoms with E-state index in [2.05, 4.69) is 15.6 Å². The third-order valence-corrected chi connectivity index (χ3v) is 2.45. The molecule has 1 aromatic heterocycles. The van der Waals surface area contributed by atoms with Crippen molar-refractivity contribution in [1.82, 2.24) is 10.3 Å². The minimum Gasteiger partial charge on any atom is -0.465 e. The van der Waals surface area contributed by atoms with Gasteiger partial charge >= 0.3 is 6.09 Å². The van der Waals surface area contributed by atoms with E-state index in [4.69, 9.17) is 5.11 Å². The van der Waals surface area contributed by atoms with Crippen LogP contribution in [0.5, 0.6) is 0 Å². The molecular weight excluding hydrogens is 222 g/mol. The Kier molecular flexibility index (Phi) is 3.67. The number of carbonyl (C=O) groups is 2. The number of amides is 2. The lowest BCUT2D eigenvalue weighted by atomic mass is 9.88. The number of nitrogens with one attached hydrogen (secondary N) is 2. The molecule has 0 saturated heterocycles. The molecule has 0 aliphatic carbocycles.